The number of halogens is 1. The molecule has 0 aliphatic carbocycles. The Hall–Kier alpha value is -1.88. The summed E-state index contributed by atoms with van der Waals surface area (Å²) in [4.78, 5) is 17.8. The van der Waals surface area contributed by atoms with Crippen LogP contribution in [-0.2, 0) is 9.57 Å². The number of nitrogens with zero attached hydrogens (tertiary/aromatic N) is 1. The Balaban J connectivity index is 1.55. The molecule has 0 bridgehead atoms. The van der Waals surface area contributed by atoms with E-state index in [2.05, 4.69) is 12.1 Å². The Kier molecular flexibility index (Phi) is 4.96. The molecule has 0 radical (unpaired) electrons. The van der Waals surface area contributed by atoms with Crippen molar-refractivity contribution in [2.45, 2.75) is 18.6 Å². The van der Waals surface area contributed by atoms with E-state index in [0.717, 1.165) is 6.42 Å². The van der Waals surface area contributed by atoms with Gasteiger partial charge in [-0.15, -0.1) is 0 Å². The standard InChI is InChI=1S/C18H18ClNO3/c1-20-17(13-5-3-2-4-6-13)11-16(23-20)12-22-18(21)14-7-9-15(19)10-8-14/h2-10,16-17H,11-12H2,1H3/t16-,17-/m1/s1. The second-order valence-electron chi connectivity index (χ2n) is 5.54. The van der Waals surface area contributed by atoms with Gasteiger partial charge in [-0.2, -0.15) is 5.06 Å². The van der Waals surface area contributed by atoms with Gasteiger partial charge in [-0.3, -0.25) is 4.84 Å². The van der Waals surface area contributed by atoms with Gasteiger partial charge in [0, 0.05) is 18.5 Å². The van der Waals surface area contributed by atoms with Gasteiger partial charge >= 0.3 is 5.97 Å². The van der Waals surface area contributed by atoms with E-state index in [1.165, 1.54) is 5.56 Å². The van der Waals surface area contributed by atoms with E-state index in [1.807, 2.05) is 30.3 Å². The minimum Gasteiger partial charge on any atom is -0.459 e. The van der Waals surface area contributed by atoms with Crippen molar-refractivity contribution in [3.63, 3.8) is 0 Å². The van der Waals surface area contributed by atoms with E-state index < -0.39 is 0 Å². The number of hydrogen-bond donors (Lipinski definition) is 0. The summed E-state index contributed by atoms with van der Waals surface area (Å²) in [5.41, 5.74) is 1.68. The molecule has 23 heavy (non-hydrogen) atoms. The van der Waals surface area contributed by atoms with Gasteiger partial charge in [0.2, 0.25) is 0 Å². The molecule has 0 unspecified atom stereocenters. The molecule has 5 heteroatoms. The van der Waals surface area contributed by atoms with Gasteiger partial charge in [-0.25, -0.2) is 4.79 Å². The minimum atomic E-state index is -0.365. The third-order valence-electron chi connectivity index (χ3n) is 3.90. The van der Waals surface area contributed by atoms with Gasteiger partial charge in [0.05, 0.1) is 11.6 Å². The molecule has 1 aliphatic heterocycles. The van der Waals surface area contributed by atoms with E-state index in [4.69, 9.17) is 21.2 Å². The summed E-state index contributed by atoms with van der Waals surface area (Å²) in [6.07, 6.45) is 0.649. The van der Waals surface area contributed by atoms with Crippen molar-refractivity contribution in [2.24, 2.45) is 0 Å². The van der Waals surface area contributed by atoms with Crippen LogP contribution in [0.3, 0.4) is 0 Å². The fourth-order valence-corrected chi connectivity index (χ4v) is 2.83. The van der Waals surface area contributed by atoms with E-state index in [9.17, 15) is 4.79 Å². The van der Waals surface area contributed by atoms with Gasteiger partial charge in [0.25, 0.3) is 0 Å². The van der Waals surface area contributed by atoms with E-state index >= 15 is 0 Å². The molecule has 0 amide bonds. The highest BCUT2D eigenvalue weighted by molar-refractivity contribution is 6.30. The SMILES string of the molecule is CN1O[C@@H](COC(=O)c2ccc(Cl)cc2)C[C@@H]1c1ccccc1. The predicted octanol–water partition coefficient (Wildman–Crippen LogP) is 3.87. The van der Waals surface area contributed by atoms with Crippen molar-refractivity contribution in [2.75, 3.05) is 13.7 Å². The first-order valence-electron chi connectivity index (χ1n) is 7.51. The molecule has 3 rings (SSSR count). The monoisotopic (exact) mass is 331 g/mol. The lowest BCUT2D eigenvalue weighted by molar-refractivity contribution is -0.153. The molecule has 0 N–H and O–H groups in total. The average molecular weight is 332 g/mol. The van der Waals surface area contributed by atoms with E-state index in [-0.39, 0.29) is 24.7 Å². The molecule has 1 fully saturated rings. The smallest absolute Gasteiger partial charge is 0.338 e. The Morgan fingerprint density at radius 3 is 2.61 bits per heavy atom. The van der Waals surface area contributed by atoms with Crippen molar-refractivity contribution < 1.29 is 14.4 Å². The molecule has 2 atom stereocenters. The zero-order valence-corrected chi connectivity index (χ0v) is 13.6. The van der Waals surface area contributed by atoms with E-state index in [0.29, 0.717) is 10.6 Å². The lowest BCUT2D eigenvalue weighted by Gasteiger charge is -2.17. The number of hydroxylamine groups is 2. The molecule has 1 saturated heterocycles. The summed E-state index contributed by atoms with van der Waals surface area (Å²) in [6, 6.07) is 17.0. The number of rotatable bonds is 4. The number of ether oxygens (including phenoxy) is 1. The molecular formula is C18H18ClNO3. The van der Waals surface area contributed by atoms with Gasteiger partial charge in [-0.1, -0.05) is 41.9 Å². The molecule has 0 aromatic heterocycles. The predicted molar refractivity (Wildman–Crippen MR) is 88.2 cm³/mol. The van der Waals surface area contributed by atoms with Crippen molar-refractivity contribution in [1.29, 1.82) is 0 Å². The lowest BCUT2D eigenvalue weighted by atomic mass is 10.0. The lowest BCUT2D eigenvalue weighted by Crippen LogP contribution is -2.20. The quantitative estimate of drug-likeness (QED) is 0.797. The summed E-state index contributed by atoms with van der Waals surface area (Å²) in [5.74, 6) is -0.365. The van der Waals surface area contributed by atoms with Crippen LogP contribution in [0.5, 0.6) is 0 Å². The van der Waals surface area contributed by atoms with Crippen LogP contribution in [0.15, 0.2) is 54.6 Å². The molecule has 1 heterocycles. The number of benzene rings is 2. The third-order valence-corrected chi connectivity index (χ3v) is 4.16. The second kappa shape index (κ2) is 7.13. The normalized spacial score (nSPS) is 21.3. The number of carbonyl (C=O) groups is 1. The van der Waals surface area contributed by atoms with E-state index in [1.54, 1.807) is 24.3 Å². The van der Waals surface area contributed by atoms with Crippen molar-refractivity contribution in [3.05, 3.63) is 70.7 Å². The van der Waals surface area contributed by atoms with Gasteiger partial charge in [-0.05, 0) is 29.8 Å². The fourth-order valence-electron chi connectivity index (χ4n) is 2.71. The van der Waals surface area contributed by atoms with Crippen LogP contribution >= 0.6 is 11.6 Å². The third kappa shape index (κ3) is 3.91. The molecule has 2 aromatic rings. The van der Waals surface area contributed by atoms with Gasteiger partial charge in [0.15, 0.2) is 0 Å². The molecule has 120 valence electrons. The Bertz CT molecular complexity index is 660. The molecule has 0 spiro atoms. The van der Waals surface area contributed by atoms with Crippen molar-refractivity contribution >= 4 is 17.6 Å². The van der Waals surface area contributed by atoms with Crippen LogP contribution < -0.4 is 0 Å². The first-order valence-corrected chi connectivity index (χ1v) is 7.88. The van der Waals surface area contributed by atoms with Crippen LogP contribution in [-0.4, -0.2) is 30.8 Å². The minimum absolute atomic E-state index is 0.138. The van der Waals surface area contributed by atoms with Crippen molar-refractivity contribution in [3.8, 4) is 0 Å². The number of esters is 1. The molecule has 0 saturated carbocycles. The maximum atomic E-state index is 12.0. The summed E-state index contributed by atoms with van der Waals surface area (Å²) in [6.45, 7) is 0.231. The number of hydrogen-bond acceptors (Lipinski definition) is 4. The maximum absolute atomic E-state index is 12.0. The first kappa shape index (κ1) is 16.0. The van der Waals surface area contributed by atoms with Crippen LogP contribution in [0.2, 0.25) is 5.02 Å². The Labute approximate surface area is 140 Å². The maximum Gasteiger partial charge on any atom is 0.338 e. The van der Waals surface area contributed by atoms with Crippen LogP contribution in [0.4, 0.5) is 0 Å². The number of carbonyl (C=O) groups excluding carboxylic acids is 1. The van der Waals surface area contributed by atoms with Crippen LogP contribution in [0.1, 0.15) is 28.4 Å². The second-order valence-corrected chi connectivity index (χ2v) is 5.98. The molecule has 2 aromatic carbocycles. The highest BCUT2D eigenvalue weighted by Crippen LogP contribution is 2.32. The summed E-state index contributed by atoms with van der Waals surface area (Å²) < 4.78 is 5.35. The highest BCUT2D eigenvalue weighted by Gasteiger charge is 2.32. The zero-order chi connectivity index (χ0) is 16.2. The first-order chi connectivity index (χ1) is 11.1. The molecule has 4 nitrogen and oxygen atoms in total. The zero-order valence-electron chi connectivity index (χ0n) is 12.8. The highest BCUT2D eigenvalue weighted by atomic mass is 35.5. The molecular weight excluding hydrogens is 314 g/mol. The van der Waals surface area contributed by atoms with Crippen molar-refractivity contribution in [1.82, 2.24) is 5.06 Å². The van der Waals surface area contributed by atoms with Crippen LogP contribution in [0, 0.1) is 0 Å². The van der Waals surface area contributed by atoms with Crippen LogP contribution in [0.25, 0.3) is 0 Å². The summed E-state index contributed by atoms with van der Waals surface area (Å²) >= 11 is 5.81. The topological polar surface area (TPSA) is 38.8 Å². The van der Waals surface area contributed by atoms with Gasteiger partial charge in [0.1, 0.15) is 12.7 Å². The molecule has 1 aliphatic rings. The van der Waals surface area contributed by atoms with Gasteiger partial charge < -0.3 is 4.74 Å². The summed E-state index contributed by atoms with van der Waals surface area (Å²) in [7, 11) is 1.90. The Morgan fingerprint density at radius 2 is 1.91 bits per heavy atom. The Morgan fingerprint density at radius 1 is 1.22 bits per heavy atom. The largest absolute Gasteiger partial charge is 0.459 e. The fraction of sp³-hybridized carbons (Fsp3) is 0.278. The average Bonchev–Trinajstić information content (AvgIpc) is 2.95. The summed E-state index contributed by atoms with van der Waals surface area (Å²) in [5, 5.41) is 2.42.